The summed E-state index contributed by atoms with van der Waals surface area (Å²) in [5.74, 6) is -1.46. The minimum absolute atomic E-state index is 0.262. The second-order valence-electron chi connectivity index (χ2n) is 4.59. The van der Waals surface area contributed by atoms with Gasteiger partial charge in [0.1, 0.15) is 6.04 Å². The Morgan fingerprint density at radius 3 is 2.47 bits per heavy atom. The first-order valence-corrected chi connectivity index (χ1v) is 6.50. The number of aliphatic carboxylic acids is 1. The molecule has 0 radical (unpaired) electrons. The summed E-state index contributed by atoms with van der Waals surface area (Å²) < 4.78 is 1.83. The third-order valence-corrected chi connectivity index (χ3v) is 3.30. The average Bonchev–Trinajstić information content (AvgIpc) is 2.73. The molecule has 1 atom stereocenters. The van der Waals surface area contributed by atoms with E-state index in [0.29, 0.717) is 5.56 Å². The average molecular weight is 267 g/mol. The molecule has 0 aromatic carbocycles. The first-order valence-electron chi connectivity index (χ1n) is 6.50. The van der Waals surface area contributed by atoms with Crippen molar-refractivity contribution in [2.24, 2.45) is 0 Å². The van der Waals surface area contributed by atoms with Crippen molar-refractivity contribution in [3.05, 3.63) is 17.5 Å². The molecule has 0 bridgehead atoms. The zero-order chi connectivity index (χ0) is 14.6. The van der Waals surface area contributed by atoms with Crippen LogP contribution in [0.1, 0.15) is 55.7 Å². The molecular formula is C13H21N3O3. The Kier molecular flexibility index (Phi) is 5.09. The number of carboxylic acids is 1. The largest absolute Gasteiger partial charge is 0.480 e. The van der Waals surface area contributed by atoms with Gasteiger partial charge in [0.05, 0.1) is 17.8 Å². The minimum atomic E-state index is -1.06. The lowest BCUT2D eigenvalue weighted by atomic mass is 10.1. The summed E-state index contributed by atoms with van der Waals surface area (Å²) in [6.45, 7) is 7.40. The summed E-state index contributed by atoms with van der Waals surface area (Å²) in [5, 5.41) is 15.5. The maximum atomic E-state index is 12.0. The second kappa shape index (κ2) is 6.36. The molecule has 2 N–H and O–H groups in total. The zero-order valence-electron chi connectivity index (χ0n) is 11.8. The van der Waals surface area contributed by atoms with Gasteiger partial charge in [0, 0.05) is 5.69 Å². The number of amides is 1. The molecule has 1 aromatic heterocycles. The van der Waals surface area contributed by atoms with E-state index in [-0.39, 0.29) is 6.04 Å². The molecule has 0 fully saturated rings. The topological polar surface area (TPSA) is 84.2 Å². The number of nitrogens with one attached hydrogen (secondary N) is 1. The van der Waals surface area contributed by atoms with Gasteiger partial charge in [-0.3, -0.25) is 14.3 Å². The molecule has 0 aliphatic rings. The molecule has 0 saturated carbocycles. The summed E-state index contributed by atoms with van der Waals surface area (Å²) in [7, 11) is 0. The fourth-order valence-corrected chi connectivity index (χ4v) is 1.99. The van der Waals surface area contributed by atoms with Gasteiger partial charge in [-0.2, -0.15) is 5.10 Å². The molecule has 0 aliphatic carbocycles. The minimum Gasteiger partial charge on any atom is -0.480 e. The van der Waals surface area contributed by atoms with Crippen LogP contribution in [-0.4, -0.2) is 32.8 Å². The number of hydrogen-bond donors (Lipinski definition) is 2. The Hall–Kier alpha value is -1.85. The maximum absolute atomic E-state index is 12.0. The number of hydrogen-bond acceptors (Lipinski definition) is 3. The Balaban J connectivity index is 2.91. The quantitative estimate of drug-likeness (QED) is 0.822. The molecule has 6 nitrogen and oxygen atoms in total. The fraction of sp³-hybridized carbons (Fsp3) is 0.615. The van der Waals surface area contributed by atoms with Gasteiger partial charge in [-0.05, 0) is 26.7 Å². The lowest BCUT2D eigenvalue weighted by Crippen LogP contribution is -2.38. The molecule has 0 saturated heterocycles. The Morgan fingerprint density at radius 1 is 1.42 bits per heavy atom. The van der Waals surface area contributed by atoms with Gasteiger partial charge in [0.15, 0.2) is 0 Å². The van der Waals surface area contributed by atoms with E-state index in [0.717, 1.165) is 18.5 Å². The normalized spacial score (nSPS) is 12.5. The van der Waals surface area contributed by atoms with Gasteiger partial charge in [-0.1, -0.05) is 13.8 Å². The SMILES string of the molecule is CCC(CC)n1ncc(C(=O)N[C@H](C)C(=O)O)c1C. The standard InChI is InChI=1S/C13H21N3O3/c1-5-10(6-2)16-9(4)11(7-14-16)12(17)15-8(3)13(18)19/h7-8,10H,5-6H2,1-4H3,(H,15,17)(H,18,19)/t8-/m1/s1. The van der Waals surface area contributed by atoms with Gasteiger partial charge in [0.25, 0.3) is 5.91 Å². The Morgan fingerprint density at radius 2 is 2.00 bits per heavy atom. The monoisotopic (exact) mass is 267 g/mol. The summed E-state index contributed by atoms with van der Waals surface area (Å²) in [5.41, 5.74) is 1.20. The van der Waals surface area contributed by atoms with E-state index in [2.05, 4.69) is 24.3 Å². The number of carbonyl (C=O) groups excluding carboxylic acids is 1. The molecule has 19 heavy (non-hydrogen) atoms. The van der Waals surface area contributed by atoms with Gasteiger partial charge in [0.2, 0.25) is 0 Å². The molecule has 0 unspecified atom stereocenters. The number of rotatable bonds is 6. The van der Waals surface area contributed by atoms with Crippen LogP contribution in [0.5, 0.6) is 0 Å². The van der Waals surface area contributed by atoms with Crippen LogP contribution in [0.3, 0.4) is 0 Å². The van der Waals surface area contributed by atoms with E-state index in [9.17, 15) is 9.59 Å². The van der Waals surface area contributed by atoms with E-state index in [4.69, 9.17) is 5.11 Å². The molecular weight excluding hydrogens is 246 g/mol. The zero-order valence-corrected chi connectivity index (χ0v) is 11.8. The highest BCUT2D eigenvalue weighted by atomic mass is 16.4. The van der Waals surface area contributed by atoms with Gasteiger partial charge >= 0.3 is 5.97 Å². The van der Waals surface area contributed by atoms with E-state index in [1.165, 1.54) is 13.1 Å². The van der Waals surface area contributed by atoms with Crippen LogP contribution < -0.4 is 5.32 Å². The molecule has 1 heterocycles. The maximum Gasteiger partial charge on any atom is 0.325 e. The lowest BCUT2D eigenvalue weighted by molar-refractivity contribution is -0.138. The molecule has 1 rings (SSSR count). The predicted octanol–water partition coefficient (Wildman–Crippen LogP) is 1.76. The van der Waals surface area contributed by atoms with Crippen molar-refractivity contribution in [2.75, 3.05) is 0 Å². The Bertz CT molecular complexity index is 464. The molecule has 1 aromatic rings. The predicted molar refractivity (Wildman–Crippen MR) is 71.1 cm³/mol. The first-order chi connectivity index (χ1) is 8.92. The van der Waals surface area contributed by atoms with Crippen molar-refractivity contribution >= 4 is 11.9 Å². The van der Waals surface area contributed by atoms with Crippen LogP contribution in [-0.2, 0) is 4.79 Å². The highest BCUT2D eigenvalue weighted by molar-refractivity contribution is 5.97. The van der Waals surface area contributed by atoms with Crippen LogP contribution in [0.2, 0.25) is 0 Å². The molecule has 1 amide bonds. The molecule has 106 valence electrons. The van der Waals surface area contributed by atoms with E-state index >= 15 is 0 Å². The second-order valence-corrected chi connectivity index (χ2v) is 4.59. The van der Waals surface area contributed by atoms with Crippen molar-refractivity contribution in [2.45, 2.75) is 52.6 Å². The van der Waals surface area contributed by atoms with Crippen LogP contribution in [0.4, 0.5) is 0 Å². The first kappa shape index (κ1) is 15.2. The van der Waals surface area contributed by atoms with E-state index < -0.39 is 17.9 Å². The van der Waals surface area contributed by atoms with Crippen molar-refractivity contribution in [3.63, 3.8) is 0 Å². The molecule has 0 aliphatic heterocycles. The van der Waals surface area contributed by atoms with Crippen LogP contribution >= 0.6 is 0 Å². The smallest absolute Gasteiger partial charge is 0.325 e. The van der Waals surface area contributed by atoms with Crippen LogP contribution in [0.25, 0.3) is 0 Å². The van der Waals surface area contributed by atoms with Crippen molar-refractivity contribution in [1.29, 1.82) is 0 Å². The fourth-order valence-electron chi connectivity index (χ4n) is 1.99. The Labute approximate surface area is 112 Å². The lowest BCUT2D eigenvalue weighted by Gasteiger charge is -2.15. The third kappa shape index (κ3) is 3.33. The van der Waals surface area contributed by atoms with Gasteiger partial charge in [-0.25, -0.2) is 0 Å². The van der Waals surface area contributed by atoms with Crippen LogP contribution in [0, 0.1) is 6.92 Å². The molecule has 6 heteroatoms. The van der Waals surface area contributed by atoms with Gasteiger partial charge < -0.3 is 10.4 Å². The van der Waals surface area contributed by atoms with Crippen molar-refractivity contribution in [1.82, 2.24) is 15.1 Å². The van der Waals surface area contributed by atoms with E-state index in [1.54, 1.807) is 0 Å². The third-order valence-electron chi connectivity index (χ3n) is 3.30. The van der Waals surface area contributed by atoms with Crippen molar-refractivity contribution < 1.29 is 14.7 Å². The molecule has 0 spiro atoms. The van der Waals surface area contributed by atoms with E-state index in [1.807, 2.05) is 11.6 Å². The van der Waals surface area contributed by atoms with Crippen LogP contribution in [0.15, 0.2) is 6.20 Å². The number of carbonyl (C=O) groups is 2. The van der Waals surface area contributed by atoms with Crippen molar-refractivity contribution in [3.8, 4) is 0 Å². The number of aromatic nitrogens is 2. The summed E-state index contributed by atoms with van der Waals surface area (Å²) in [6, 6.07) is -0.651. The highest BCUT2D eigenvalue weighted by Gasteiger charge is 2.20. The van der Waals surface area contributed by atoms with Gasteiger partial charge in [-0.15, -0.1) is 0 Å². The number of carboxylic acid groups (broad SMARTS) is 1. The summed E-state index contributed by atoms with van der Waals surface area (Å²) in [6.07, 6.45) is 3.37. The number of nitrogens with zero attached hydrogens (tertiary/aromatic N) is 2. The summed E-state index contributed by atoms with van der Waals surface area (Å²) in [4.78, 5) is 22.7. The summed E-state index contributed by atoms with van der Waals surface area (Å²) >= 11 is 0. The highest BCUT2D eigenvalue weighted by Crippen LogP contribution is 2.19.